The number of hydrogen-bond acceptors (Lipinski definition) is 4. The van der Waals surface area contributed by atoms with Gasteiger partial charge in [0.25, 0.3) is 0 Å². The van der Waals surface area contributed by atoms with Gasteiger partial charge in [0.15, 0.2) is 0 Å². The number of rotatable bonds is 4. The van der Waals surface area contributed by atoms with E-state index in [0.29, 0.717) is 6.61 Å². The van der Waals surface area contributed by atoms with E-state index in [0.717, 1.165) is 19.1 Å². The Hall–Kier alpha value is -1.75. The summed E-state index contributed by atoms with van der Waals surface area (Å²) in [7, 11) is 2.15. The van der Waals surface area contributed by atoms with E-state index in [1.165, 1.54) is 52.7 Å². The first-order chi connectivity index (χ1) is 13.3. The molecule has 4 heteroatoms. The van der Waals surface area contributed by atoms with Crippen molar-refractivity contribution in [3.63, 3.8) is 0 Å². The van der Waals surface area contributed by atoms with E-state index in [1.54, 1.807) is 5.57 Å². The van der Waals surface area contributed by atoms with E-state index in [-0.39, 0.29) is 0 Å². The highest BCUT2D eigenvalue weighted by molar-refractivity contribution is 7.99. The molecule has 0 N–H and O–H groups in total. The fraction of sp³-hybridized carbons (Fsp3) is 0.391. The number of piperidine rings is 3. The van der Waals surface area contributed by atoms with E-state index in [9.17, 15) is 0 Å². The standard InChI is InChI=1S/C23H26N2OS/c1-24-20-4-2-3-5-22(20)27-23-14-17(6-7-21(23)24)16-26-13-10-19-15-25-11-8-18(19)9-12-25/h2-7,10,14,18H,8-9,11-13,15-16H2,1H3/b19-10+. The van der Waals surface area contributed by atoms with Gasteiger partial charge < -0.3 is 9.64 Å². The van der Waals surface area contributed by atoms with Crippen LogP contribution < -0.4 is 4.90 Å². The molecule has 0 aromatic heterocycles. The van der Waals surface area contributed by atoms with Crippen molar-refractivity contribution in [2.24, 2.45) is 5.92 Å². The zero-order valence-corrected chi connectivity index (χ0v) is 16.7. The summed E-state index contributed by atoms with van der Waals surface area (Å²) in [6, 6.07) is 15.3. The third-order valence-electron chi connectivity index (χ3n) is 6.08. The zero-order valence-electron chi connectivity index (χ0n) is 15.9. The average molecular weight is 379 g/mol. The Bertz CT molecular complexity index is 870. The largest absolute Gasteiger partial charge is 0.373 e. The van der Waals surface area contributed by atoms with Crippen LogP contribution in [0.1, 0.15) is 18.4 Å². The molecular weight excluding hydrogens is 352 g/mol. The maximum Gasteiger partial charge on any atom is 0.0721 e. The van der Waals surface area contributed by atoms with Crippen molar-refractivity contribution in [1.29, 1.82) is 0 Å². The van der Waals surface area contributed by atoms with Crippen molar-refractivity contribution in [2.75, 3.05) is 38.2 Å². The van der Waals surface area contributed by atoms with Gasteiger partial charge in [-0.15, -0.1) is 0 Å². The van der Waals surface area contributed by atoms with Gasteiger partial charge in [0.1, 0.15) is 0 Å². The smallest absolute Gasteiger partial charge is 0.0721 e. The molecule has 0 aliphatic carbocycles. The summed E-state index contributed by atoms with van der Waals surface area (Å²) in [5, 5.41) is 0. The Morgan fingerprint density at radius 2 is 1.89 bits per heavy atom. The van der Waals surface area contributed by atoms with Gasteiger partial charge in [-0.2, -0.15) is 0 Å². The maximum atomic E-state index is 6.00. The molecule has 2 aromatic rings. The molecule has 0 saturated carbocycles. The Labute approximate surface area is 166 Å². The molecule has 2 bridgehead atoms. The normalized spacial score (nSPS) is 24.8. The minimum Gasteiger partial charge on any atom is -0.373 e. The second-order valence-corrected chi connectivity index (χ2v) is 8.86. The van der Waals surface area contributed by atoms with Gasteiger partial charge in [-0.25, -0.2) is 0 Å². The molecule has 6 rings (SSSR count). The second kappa shape index (κ2) is 7.34. The lowest BCUT2D eigenvalue weighted by molar-refractivity contribution is 0.138. The Morgan fingerprint density at radius 1 is 1.07 bits per heavy atom. The summed E-state index contributed by atoms with van der Waals surface area (Å²) in [6.07, 6.45) is 5.01. The predicted molar refractivity (Wildman–Crippen MR) is 112 cm³/mol. The molecule has 2 aromatic carbocycles. The van der Waals surface area contributed by atoms with Crippen LogP contribution in [0, 0.1) is 5.92 Å². The fourth-order valence-electron chi connectivity index (χ4n) is 4.50. The topological polar surface area (TPSA) is 15.7 Å². The molecule has 0 amide bonds. The first-order valence-electron chi connectivity index (χ1n) is 9.90. The van der Waals surface area contributed by atoms with Gasteiger partial charge in [-0.05, 0) is 61.7 Å². The van der Waals surface area contributed by atoms with Crippen molar-refractivity contribution >= 4 is 23.1 Å². The highest BCUT2D eigenvalue weighted by Gasteiger charge is 2.28. The molecule has 4 aliphatic heterocycles. The van der Waals surface area contributed by atoms with Gasteiger partial charge in [0.05, 0.1) is 24.6 Å². The molecule has 0 spiro atoms. The first-order valence-corrected chi connectivity index (χ1v) is 10.7. The number of hydrogen-bond donors (Lipinski definition) is 0. The minimum absolute atomic E-state index is 0.678. The van der Waals surface area contributed by atoms with Gasteiger partial charge >= 0.3 is 0 Å². The van der Waals surface area contributed by atoms with Gasteiger partial charge in [0, 0.05) is 23.4 Å². The highest BCUT2D eigenvalue weighted by Crippen LogP contribution is 2.47. The molecule has 3 nitrogen and oxygen atoms in total. The number of para-hydroxylation sites is 1. The van der Waals surface area contributed by atoms with Crippen molar-refractivity contribution in [2.45, 2.75) is 29.2 Å². The van der Waals surface area contributed by atoms with Crippen LogP contribution in [0.4, 0.5) is 11.4 Å². The quantitative estimate of drug-likeness (QED) is 0.544. The summed E-state index contributed by atoms with van der Waals surface area (Å²) < 4.78 is 6.00. The van der Waals surface area contributed by atoms with Crippen LogP contribution in [0.5, 0.6) is 0 Å². The summed E-state index contributed by atoms with van der Waals surface area (Å²) in [5.74, 6) is 0.814. The molecule has 0 unspecified atom stereocenters. The lowest BCUT2D eigenvalue weighted by atomic mass is 9.84. The van der Waals surface area contributed by atoms with Crippen LogP contribution in [0.25, 0.3) is 0 Å². The van der Waals surface area contributed by atoms with Crippen LogP contribution in [-0.4, -0.2) is 38.2 Å². The van der Waals surface area contributed by atoms with Crippen LogP contribution in [0.3, 0.4) is 0 Å². The fourth-order valence-corrected chi connectivity index (χ4v) is 5.71. The molecule has 4 aliphatic rings. The molecular formula is C23H26N2OS. The third kappa shape index (κ3) is 3.42. The van der Waals surface area contributed by atoms with Crippen LogP contribution in [-0.2, 0) is 11.3 Å². The maximum absolute atomic E-state index is 6.00. The zero-order chi connectivity index (χ0) is 18.2. The van der Waals surface area contributed by atoms with Crippen molar-refractivity contribution in [3.05, 3.63) is 59.7 Å². The summed E-state index contributed by atoms with van der Waals surface area (Å²) in [6.45, 7) is 5.14. The Morgan fingerprint density at radius 3 is 2.70 bits per heavy atom. The van der Waals surface area contributed by atoms with Gasteiger partial charge in [0.2, 0.25) is 0 Å². The number of anilines is 2. The van der Waals surface area contributed by atoms with Crippen molar-refractivity contribution in [1.82, 2.24) is 4.90 Å². The van der Waals surface area contributed by atoms with E-state index >= 15 is 0 Å². The lowest BCUT2D eigenvalue weighted by Crippen LogP contribution is -2.43. The predicted octanol–water partition coefficient (Wildman–Crippen LogP) is 5.09. The van der Waals surface area contributed by atoms with E-state index < -0.39 is 0 Å². The number of benzene rings is 2. The number of nitrogens with zero attached hydrogens (tertiary/aromatic N) is 2. The highest BCUT2D eigenvalue weighted by atomic mass is 32.2. The molecule has 140 valence electrons. The lowest BCUT2D eigenvalue weighted by Gasteiger charge is -2.41. The monoisotopic (exact) mass is 378 g/mol. The molecule has 0 atom stereocenters. The number of ether oxygens (including phenoxy) is 1. The summed E-state index contributed by atoms with van der Waals surface area (Å²) >= 11 is 1.86. The molecule has 3 fully saturated rings. The van der Waals surface area contributed by atoms with E-state index in [2.05, 4.69) is 65.4 Å². The first kappa shape index (κ1) is 17.4. The van der Waals surface area contributed by atoms with Crippen LogP contribution in [0.2, 0.25) is 0 Å². The van der Waals surface area contributed by atoms with Crippen LogP contribution in [0.15, 0.2) is 63.9 Å². The second-order valence-electron chi connectivity index (χ2n) is 7.78. The molecule has 0 radical (unpaired) electrons. The third-order valence-corrected chi connectivity index (χ3v) is 7.19. The minimum atomic E-state index is 0.678. The van der Waals surface area contributed by atoms with Gasteiger partial charge in [-0.1, -0.05) is 41.6 Å². The molecule has 4 heterocycles. The Kier molecular flexibility index (Phi) is 4.72. The molecule has 27 heavy (non-hydrogen) atoms. The Balaban J connectivity index is 1.23. The van der Waals surface area contributed by atoms with E-state index in [4.69, 9.17) is 4.74 Å². The average Bonchev–Trinajstić information content (AvgIpc) is 2.72. The molecule has 3 saturated heterocycles. The van der Waals surface area contributed by atoms with E-state index in [1.807, 2.05) is 11.8 Å². The summed E-state index contributed by atoms with van der Waals surface area (Å²) in [5.41, 5.74) is 5.41. The number of fused-ring (bicyclic) bond motifs is 5. The van der Waals surface area contributed by atoms with Gasteiger partial charge in [-0.3, -0.25) is 4.90 Å². The van der Waals surface area contributed by atoms with Crippen molar-refractivity contribution < 1.29 is 4.74 Å². The van der Waals surface area contributed by atoms with Crippen LogP contribution >= 0.6 is 11.8 Å². The summed E-state index contributed by atoms with van der Waals surface area (Å²) in [4.78, 5) is 7.48. The van der Waals surface area contributed by atoms with Crippen molar-refractivity contribution in [3.8, 4) is 0 Å². The SMILES string of the molecule is CN1c2ccccc2Sc2cc(COC/C=C3\CN4CCC3CC4)ccc21.